The van der Waals surface area contributed by atoms with E-state index in [2.05, 4.69) is 15.5 Å². The van der Waals surface area contributed by atoms with Crippen molar-refractivity contribution in [3.63, 3.8) is 0 Å². The molecular weight excluding hydrogens is 482 g/mol. The van der Waals surface area contributed by atoms with Crippen LogP contribution < -0.4 is 10.6 Å². The number of amides is 4. The van der Waals surface area contributed by atoms with Crippen LogP contribution in [0.25, 0.3) is 0 Å². The Balaban J connectivity index is 1.59. The van der Waals surface area contributed by atoms with Crippen molar-refractivity contribution in [2.75, 3.05) is 45.2 Å². The Labute approximate surface area is 224 Å². The van der Waals surface area contributed by atoms with Crippen LogP contribution >= 0.6 is 0 Å². The summed E-state index contributed by atoms with van der Waals surface area (Å²) in [5, 5.41) is 5.97. The van der Waals surface area contributed by atoms with E-state index >= 15 is 0 Å². The zero-order valence-corrected chi connectivity index (χ0v) is 22.8. The average molecular weight is 520 g/mol. The zero-order chi connectivity index (χ0) is 27.4. The highest BCUT2D eigenvalue weighted by molar-refractivity contribution is 5.95. The molecule has 0 spiro atoms. The Bertz CT molecular complexity index is 1230. The normalized spacial score (nSPS) is 20.3. The zero-order valence-electron chi connectivity index (χ0n) is 22.8. The van der Waals surface area contributed by atoms with E-state index in [1.165, 1.54) is 4.90 Å². The van der Waals surface area contributed by atoms with E-state index in [1.807, 2.05) is 74.2 Å². The van der Waals surface area contributed by atoms with Gasteiger partial charge in [0.25, 0.3) is 0 Å². The van der Waals surface area contributed by atoms with E-state index in [4.69, 9.17) is 4.74 Å². The molecule has 9 heteroatoms. The Morgan fingerprint density at radius 1 is 1.11 bits per heavy atom. The number of carbonyl (C=O) groups excluding carboxylic acids is 3. The first-order chi connectivity index (χ1) is 18.2. The van der Waals surface area contributed by atoms with Crippen molar-refractivity contribution in [2.24, 2.45) is 0 Å². The van der Waals surface area contributed by atoms with Crippen molar-refractivity contribution in [2.45, 2.75) is 39.8 Å². The molecule has 2 atom stereocenters. The van der Waals surface area contributed by atoms with Gasteiger partial charge in [-0.05, 0) is 51.0 Å². The van der Waals surface area contributed by atoms with Gasteiger partial charge in [0.1, 0.15) is 0 Å². The van der Waals surface area contributed by atoms with Crippen LogP contribution in [0, 0.1) is 13.8 Å². The fourth-order valence-electron chi connectivity index (χ4n) is 5.11. The van der Waals surface area contributed by atoms with E-state index in [0.717, 1.165) is 22.4 Å². The van der Waals surface area contributed by atoms with Gasteiger partial charge in [0.2, 0.25) is 0 Å². The van der Waals surface area contributed by atoms with Crippen molar-refractivity contribution in [3.8, 4) is 0 Å². The standard InChI is InChI=1S/C29H37N5O4/c1-6-38-27(35)25-24(32(5)28(36)31-26(25)23-16-19(2)12-13-20(23)3)18-33-14-15-34(21(4)17-33)29(37)30-22-10-8-7-9-11-22/h7-13,16,21,26H,6,14-15,17-18H2,1-5H3,(H,30,37)(H,31,36)/t21-,26+/m0/s1. The Morgan fingerprint density at radius 2 is 1.84 bits per heavy atom. The molecule has 4 amide bonds. The number of ether oxygens (including phenoxy) is 1. The molecule has 0 radical (unpaired) electrons. The second kappa shape index (κ2) is 11.7. The van der Waals surface area contributed by atoms with Gasteiger partial charge < -0.3 is 20.3 Å². The fraction of sp³-hybridized carbons (Fsp3) is 0.414. The Morgan fingerprint density at radius 3 is 2.53 bits per heavy atom. The van der Waals surface area contributed by atoms with E-state index in [-0.39, 0.29) is 24.7 Å². The summed E-state index contributed by atoms with van der Waals surface area (Å²) < 4.78 is 5.48. The second-order valence-electron chi connectivity index (χ2n) is 9.96. The van der Waals surface area contributed by atoms with Crippen LogP contribution in [-0.2, 0) is 9.53 Å². The van der Waals surface area contributed by atoms with Gasteiger partial charge in [-0.1, -0.05) is 42.0 Å². The largest absolute Gasteiger partial charge is 0.463 e. The van der Waals surface area contributed by atoms with Crippen molar-refractivity contribution < 1.29 is 19.1 Å². The predicted octanol–water partition coefficient (Wildman–Crippen LogP) is 4.05. The number of likely N-dealkylation sites (N-methyl/N-ethyl adjacent to an activating group) is 1. The number of hydrogen-bond donors (Lipinski definition) is 2. The maximum atomic E-state index is 13.3. The third-order valence-corrected chi connectivity index (χ3v) is 7.19. The lowest BCUT2D eigenvalue weighted by Crippen LogP contribution is -2.57. The summed E-state index contributed by atoms with van der Waals surface area (Å²) in [4.78, 5) is 44.8. The first kappa shape index (κ1) is 27.2. The number of benzene rings is 2. The first-order valence-corrected chi connectivity index (χ1v) is 13.1. The summed E-state index contributed by atoms with van der Waals surface area (Å²) in [5.41, 5.74) is 4.72. The molecule has 202 valence electrons. The topological polar surface area (TPSA) is 94.2 Å². The van der Waals surface area contributed by atoms with Crippen LogP contribution in [0.4, 0.5) is 15.3 Å². The highest BCUT2D eigenvalue weighted by atomic mass is 16.5. The predicted molar refractivity (Wildman–Crippen MR) is 147 cm³/mol. The third-order valence-electron chi connectivity index (χ3n) is 7.19. The van der Waals surface area contributed by atoms with E-state index in [1.54, 1.807) is 14.0 Å². The molecule has 2 aromatic carbocycles. The van der Waals surface area contributed by atoms with Gasteiger partial charge in [0, 0.05) is 50.7 Å². The van der Waals surface area contributed by atoms with Gasteiger partial charge in [-0.25, -0.2) is 14.4 Å². The molecule has 2 heterocycles. The van der Waals surface area contributed by atoms with Crippen LogP contribution in [0.2, 0.25) is 0 Å². The molecule has 2 N–H and O–H groups in total. The second-order valence-corrected chi connectivity index (χ2v) is 9.96. The molecular formula is C29H37N5O4. The lowest BCUT2D eigenvalue weighted by atomic mass is 9.90. The number of anilines is 1. The molecule has 2 aliphatic rings. The summed E-state index contributed by atoms with van der Waals surface area (Å²) in [7, 11) is 1.68. The highest BCUT2D eigenvalue weighted by Crippen LogP contribution is 2.33. The molecule has 2 aromatic rings. The summed E-state index contributed by atoms with van der Waals surface area (Å²) in [6.07, 6.45) is 0. The van der Waals surface area contributed by atoms with Crippen molar-refractivity contribution in [3.05, 3.63) is 76.5 Å². The number of carbonyl (C=O) groups is 3. The summed E-state index contributed by atoms with van der Waals surface area (Å²) in [6.45, 7) is 10.1. The van der Waals surface area contributed by atoms with Gasteiger partial charge in [0.05, 0.1) is 18.2 Å². The maximum absolute atomic E-state index is 13.3. The molecule has 0 aromatic heterocycles. The fourth-order valence-corrected chi connectivity index (χ4v) is 5.11. The lowest BCUT2D eigenvalue weighted by molar-refractivity contribution is -0.139. The number of rotatable bonds is 6. The minimum Gasteiger partial charge on any atom is -0.463 e. The number of hydrogen-bond acceptors (Lipinski definition) is 5. The van der Waals surface area contributed by atoms with Gasteiger partial charge in [-0.2, -0.15) is 0 Å². The molecule has 38 heavy (non-hydrogen) atoms. The van der Waals surface area contributed by atoms with E-state index < -0.39 is 12.0 Å². The molecule has 4 rings (SSSR count). The van der Waals surface area contributed by atoms with Gasteiger partial charge >= 0.3 is 18.0 Å². The van der Waals surface area contributed by atoms with Crippen LogP contribution in [-0.4, -0.2) is 78.6 Å². The van der Waals surface area contributed by atoms with Crippen LogP contribution in [0.15, 0.2) is 59.8 Å². The first-order valence-electron chi connectivity index (χ1n) is 13.1. The van der Waals surface area contributed by atoms with Gasteiger partial charge in [-0.3, -0.25) is 9.80 Å². The smallest absolute Gasteiger partial charge is 0.338 e. The number of urea groups is 2. The molecule has 0 aliphatic carbocycles. The summed E-state index contributed by atoms with van der Waals surface area (Å²) in [6, 6.07) is 14.3. The lowest BCUT2D eigenvalue weighted by Gasteiger charge is -2.42. The molecule has 0 bridgehead atoms. The van der Waals surface area contributed by atoms with Crippen LogP contribution in [0.3, 0.4) is 0 Å². The van der Waals surface area contributed by atoms with Gasteiger partial charge in [0.15, 0.2) is 0 Å². The number of esters is 1. The monoisotopic (exact) mass is 519 g/mol. The average Bonchev–Trinajstić information content (AvgIpc) is 2.88. The molecule has 9 nitrogen and oxygen atoms in total. The summed E-state index contributed by atoms with van der Waals surface area (Å²) in [5.74, 6) is -0.436. The number of nitrogens with one attached hydrogen (secondary N) is 2. The quantitative estimate of drug-likeness (QED) is 0.562. The van der Waals surface area contributed by atoms with Crippen molar-refractivity contribution in [1.29, 1.82) is 0 Å². The van der Waals surface area contributed by atoms with Crippen molar-refractivity contribution in [1.82, 2.24) is 20.0 Å². The highest BCUT2D eigenvalue weighted by Gasteiger charge is 2.39. The number of piperazine rings is 1. The molecule has 1 saturated heterocycles. The molecule has 1 fully saturated rings. The minimum atomic E-state index is -0.608. The number of nitrogens with zero attached hydrogens (tertiary/aromatic N) is 3. The van der Waals surface area contributed by atoms with E-state index in [9.17, 15) is 14.4 Å². The third kappa shape index (κ3) is 5.83. The molecule has 2 aliphatic heterocycles. The Hall–Kier alpha value is -3.85. The maximum Gasteiger partial charge on any atom is 0.338 e. The Kier molecular flexibility index (Phi) is 8.36. The van der Waals surface area contributed by atoms with Crippen molar-refractivity contribution >= 4 is 23.7 Å². The minimum absolute atomic E-state index is 0.0587. The SMILES string of the molecule is CCOC(=O)C1=C(CN2CCN(C(=O)Nc3ccccc3)[C@@H](C)C2)N(C)C(=O)N[C@@H]1c1cc(C)ccc1C. The van der Waals surface area contributed by atoms with Crippen LogP contribution in [0.1, 0.15) is 36.6 Å². The number of para-hydroxylation sites is 1. The summed E-state index contributed by atoms with van der Waals surface area (Å²) >= 11 is 0. The van der Waals surface area contributed by atoms with E-state index in [0.29, 0.717) is 37.4 Å². The molecule has 0 unspecified atom stereocenters. The number of aryl methyl sites for hydroxylation is 2. The molecule has 0 saturated carbocycles. The van der Waals surface area contributed by atoms with Gasteiger partial charge in [-0.15, -0.1) is 0 Å². The van der Waals surface area contributed by atoms with Crippen LogP contribution in [0.5, 0.6) is 0 Å².